The Morgan fingerprint density at radius 2 is 1.86 bits per heavy atom. The number of hydrogen-bond donors (Lipinski definition) is 3. The van der Waals surface area contributed by atoms with Gasteiger partial charge in [0, 0.05) is 23.4 Å². The molecule has 0 fully saturated rings. The highest BCUT2D eigenvalue weighted by Crippen LogP contribution is 2.26. The maximum absolute atomic E-state index is 12.4. The van der Waals surface area contributed by atoms with Crippen molar-refractivity contribution in [3.8, 4) is 5.75 Å². The molecule has 0 saturated carbocycles. The minimum Gasteiger partial charge on any atom is -0.493 e. The minimum atomic E-state index is -0.340. The molecule has 8 heteroatoms. The first-order valence-electron chi connectivity index (χ1n) is 8.79. The topological polar surface area (TPSA) is 79.5 Å². The molecule has 0 aliphatic rings. The molecule has 0 bridgehead atoms. The number of aryl methyl sites for hydroxylation is 1. The number of carbonyl (C=O) groups excluding carboxylic acids is 2. The molecule has 148 valence electrons. The van der Waals surface area contributed by atoms with E-state index < -0.39 is 0 Å². The zero-order chi connectivity index (χ0) is 20.7. The number of halogens is 1. The summed E-state index contributed by atoms with van der Waals surface area (Å²) in [7, 11) is 0. The molecule has 2 amide bonds. The third kappa shape index (κ3) is 6.03. The number of benzene rings is 2. The van der Waals surface area contributed by atoms with Gasteiger partial charge in [0.1, 0.15) is 5.75 Å². The molecule has 0 spiro atoms. The van der Waals surface area contributed by atoms with Gasteiger partial charge in [-0.2, -0.15) is 0 Å². The van der Waals surface area contributed by atoms with Crippen molar-refractivity contribution in [2.24, 2.45) is 0 Å². The average molecular weight is 464 g/mol. The van der Waals surface area contributed by atoms with Gasteiger partial charge in [-0.15, -0.1) is 0 Å². The van der Waals surface area contributed by atoms with E-state index in [0.717, 1.165) is 5.56 Å². The van der Waals surface area contributed by atoms with Gasteiger partial charge in [0.05, 0.1) is 11.1 Å². The number of thiocarbonyl (C=S) groups is 1. The van der Waals surface area contributed by atoms with Gasteiger partial charge in [-0.1, -0.05) is 13.0 Å². The van der Waals surface area contributed by atoms with E-state index in [2.05, 4.69) is 31.9 Å². The number of anilines is 2. The number of carbonyl (C=O) groups is 2. The van der Waals surface area contributed by atoms with Crippen LogP contribution in [-0.2, 0) is 4.79 Å². The lowest BCUT2D eigenvalue weighted by Crippen LogP contribution is -2.34. The Bertz CT molecular complexity index is 902. The molecule has 0 aromatic heterocycles. The summed E-state index contributed by atoms with van der Waals surface area (Å²) in [6.07, 6.45) is 0.392. The molecule has 3 N–H and O–H groups in total. The van der Waals surface area contributed by atoms with Gasteiger partial charge < -0.3 is 15.4 Å². The van der Waals surface area contributed by atoms with Crippen LogP contribution in [-0.4, -0.2) is 23.5 Å². The molecule has 2 rings (SSSR count). The normalized spacial score (nSPS) is 10.1. The van der Waals surface area contributed by atoms with E-state index in [1.54, 1.807) is 31.2 Å². The summed E-state index contributed by atoms with van der Waals surface area (Å²) < 4.78 is 6.13. The first-order valence-corrected chi connectivity index (χ1v) is 9.99. The Labute approximate surface area is 178 Å². The Hall–Kier alpha value is -2.45. The summed E-state index contributed by atoms with van der Waals surface area (Å²) >= 11 is 8.62. The van der Waals surface area contributed by atoms with Crippen molar-refractivity contribution in [3.63, 3.8) is 0 Å². The van der Waals surface area contributed by atoms with Crippen LogP contribution in [0.25, 0.3) is 0 Å². The lowest BCUT2D eigenvalue weighted by atomic mass is 10.1. The van der Waals surface area contributed by atoms with Crippen LogP contribution >= 0.6 is 28.1 Å². The maximum atomic E-state index is 12.4. The van der Waals surface area contributed by atoms with E-state index in [4.69, 9.17) is 17.0 Å². The van der Waals surface area contributed by atoms with Crippen LogP contribution in [0.1, 0.15) is 36.2 Å². The Kier molecular flexibility index (Phi) is 7.95. The molecular formula is C20H22BrN3O3S. The summed E-state index contributed by atoms with van der Waals surface area (Å²) in [5, 5.41) is 8.60. The average Bonchev–Trinajstić information content (AvgIpc) is 2.65. The van der Waals surface area contributed by atoms with E-state index in [-0.39, 0.29) is 16.9 Å². The third-order valence-corrected chi connectivity index (χ3v) is 4.64. The molecule has 2 aromatic carbocycles. The van der Waals surface area contributed by atoms with Crippen molar-refractivity contribution in [1.82, 2.24) is 5.32 Å². The molecule has 0 unspecified atom stereocenters. The zero-order valence-electron chi connectivity index (χ0n) is 15.9. The first-order chi connectivity index (χ1) is 13.3. The van der Waals surface area contributed by atoms with Gasteiger partial charge in [0.2, 0.25) is 5.91 Å². The van der Waals surface area contributed by atoms with Gasteiger partial charge in [-0.05, 0) is 77.9 Å². The fourth-order valence-corrected chi connectivity index (χ4v) is 3.03. The van der Waals surface area contributed by atoms with Crippen molar-refractivity contribution in [3.05, 3.63) is 52.0 Å². The van der Waals surface area contributed by atoms with Crippen LogP contribution in [0.4, 0.5) is 11.4 Å². The number of amides is 2. The van der Waals surface area contributed by atoms with E-state index in [1.807, 2.05) is 26.0 Å². The Morgan fingerprint density at radius 1 is 1.11 bits per heavy atom. The van der Waals surface area contributed by atoms with Gasteiger partial charge in [0.25, 0.3) is 5.91 Å². The predicted octanol–water partition coefficient (Wildman–Crippen LogP) is 4.63. The second-order valence-electron chi connectivity index (χ2n) is 5.92. The maximum Gasteiger partial charge on any atom is 0.257 e. The highest BCUT2D eigenvalue weighted by Gasteiger charge is 2.11. The molecule has 0 radical (unpaired) electrons. The number of rotatable bonds is 6. The highest BCUT2D eigenvalue weighted by molar-refractivity contribution is 9.10. The summed E-state index contributed by atoms with van der Waals surface area (Å²) in [5.41, 5.74) is 2.73. The van der Waals surface area contributed by atoms with Crippen LogP contribution in [0.15, 0.2) is 40.9 Å². The lowest BCUT2D eigenvalue weighted by molar-refractivity contribution is -0.115. The molecule has 0 aliphatic heterocycles. The van der Waals surface area contributed by atoms with Crippen LogP contribution in [0.5, 0.6) is 5.75 Å². The largest absolute Gasteiger partial charge is 0.493 e. The Morgan fingerprint density at radius 3 is 2.50 bits per heavy atom. The van der Waals surface area contributed by atoms with Gasteiger partial charge >= 0.3 is 0 Å². The highest BCUT2D eigenvalue weighted by atomic mass is 79.9. The van der Waals surface area contributed by atoms with E-state index in [9.17, 15) is 9.59 Å². The smallest absolute Gasteiger partial charge is 0.257 e. The molecule has 2 aromatic rings. The summed E-state index contributed by atoms with van der Waals surface area (Å²) in [4.78, 5) is 24.0. The molecule has 0 atom stereocenters. The minimum absolute atomic E-state index is 0.0720. The lowest BCUT2D eigenvalue weighted by Gasteiger charge is -2.13. The van der Waals surface area contributed by atoms with Crippen LogP contribution in [0.2, 0.25) is 0 Å². The first kappa shape index (κ1) is 21.8. The molecular weight excluding hydrogens is 442 g/mol. The number of hydrogen-bond acceptors (Lipinski definition) is 4. The van der Waals surface area contributed by atoms with Crippen molar-refractivity contribution in [1.29, 1.82) is 0 Å². The van der Waals surface area contributed by atoms with Gasteiger partial charge in [-0.3, -0.25) is 14.9 Å². The molecule has 28 heavy (non-hydrogen) atoms. The Balaban J connectivity index is 2.03. The second-order valence-corrected chi connectivity index (χ2v) is 7.18. The number of ether oxygens (including phenoxy) is 1. The SMILES string of the molecule is CCOc1ccc(C(=O)NC(=S)Nc2ccc(C)c(NC(=O)CC)c2)cc1Br. The van der Waals surface area contributed by atoms with E-state index in [0.29, 0.717) is 40.2 Å². The monoisotopic (exact) mass is 463 g/mol. The van der Waals surface area contributed by atoms with Crippen molar-refractivity contribution >= 4 is 56.4 Å². The fraction of sp³-hybridized carbons (Fsp3) is 0.250. The zero-order valence-corrected chi connectivity index (χ0v) is 18.3. The summed E-state index contributed by atoms with van der Waals surface area (Å²) in [6, 6.07) is 10.5. The molecule has 0 saturated heterocycles. The summed E-state index contributed by atoms with van der Waals surface area (Å²) in [6.45, 7) is 6.12. The molecule has 6 nitrogen and oxygen atoms in total. The van der Waals surface area contributed by atoms with Gasteiger partial charge in [-0.25, -0.2) is 0 Å². The number of nitrogens with one attached hydrogen (secondary N) is 3. The molecule has 0 heterocycles. The molecule has 0 aliphatic carbocycles. The van der Waals surface area contributed by atoms with Crippen LogP contribution in [0, 0.1) is 6.92 Å². The van der Waals surface area contributed by atoms with E-state index in [1.165, 1.54) is 0 Å². The van der Waals surface area contributed by atoms with Crippen molar-refractivity contribution in [2.75, 3.05) is 17.2 Å². The van der Waals surface area contributed by atoms with Gasteiger partial charge in [0.15, 0.2) is 5.11 Å². The predicted molar refractivity (Wildman–Crippen MR) is 119 cm³/mol. The van der Waals surface area contributed by atoms with Crippen molar-refractivity contribution < 1.29 is 14.3 Å². The fourth-order valence-electron chi connectivity index (χ4n) is 2.33. The van der Waals surface area contributed by atoms with Crippen LogP contribution < -0.4 is 20.7 Å². The van der Waals surface area contributed by atoms with Crippen LogP contribution in [0.3, 0.4) is 0 Å². The quantitative estimate of drug-likeness (QED) is 0.544. The summed E-state index contributed by atoms with van der Waals surface area (Å²) in [5.74, 6) is 0.256. The van der Waals surface area contributed by atoms with Crippen molar-refractivity contribution in [2.45, 2.75) is 27.2 Å². The van der Waals surface area contributed by atoms with E-state index >= 15 is 0 Å². The third-order valence-electron chi connectivity index (χ3n) is 3.81. The standard InChI is InChI=1S/C20H22BrN3O3S/c1-4-18(25)23-16-11-14(8-6-12(16)3)22-20(28)24-19(26)13-7-9-17(27-5-2)15(21)10-13/h6-11H,4-5H2,1-3H3,(H,23,25)(H2,22,24,26,28). The second kappa shape index (κ2) is 10.2.